The monoisotopic (exact) mass is 544 g/mol. The Balaban J connectivity index is 1.31. The average molecular weight is 545 g/mol. The van der Waals surface area contributed by atoms with E-state index in [-0.39, 0.29) is 0 Å². The highest BCUT2D eigenvalue weighted by atomic mass is 16.3. The molecule has 0 spiro atoms. The topological polar surface area (TPSA) is 13.1 Å². The van der Waals surface area contributed by atoms with Gasteiger partial charge < -0.3 is 4.42 Å². The van der Waals surface area contributed by atoms with Crippen LogP contribution in [-0.2, 0) is 0 Å². The van der Waals surface area contributed by atoms with Gasteiger partial charge in [-0.3, -0.25) is 0 Å². The normalized spacial score (nSPS) is 12.2. The molecule has 0 amide bonds. The Morgan fingerprint density at radius 2 is 0.814 bits per heavy atom. The molecule has 0 saturated heterocycles. The Morgan fingerprint density at radius 1 is 0.302 bits per heavy atom. The number of para-hydroxylation sites is 1. The van der Waals surface area contributed by atoms with Crippen LogP contribution in [0.1, 0.15) is 0 Å². The molecule has 0 saturated carbocycles. The smallest absolute Gasteiger partial charge is 0.143 e. The quantitative estimate of drug-likeness (QED) is 0.156. The molecule has 43 heavy (non-hydrogen) atoms. The zero-order chi connectivity index (χ0) is 28.1. The summed E-state index contributed by atoms with van der Waals surface area (Å²) in [6, 6.07) is 53.0. The maximum atomic E-state index is 6.50. The Morgan fingerprint density at radius 3 is 1.49 bits per heavy atom. The predicted octanol–water partition coefficient (Wildman–Crippen LogP) is 12.1. The fourth-order valence-electron chi connectivity index (χ4n) is 7.50. The Hall–Kier alpha value is -5.66. The number of benzene rings is 9. The number of hydrogen-bond acceptors (Lipinski definition) is 1. The summed E-state index contributed by atoms with van der Waals surface area (Å²) >= 11 is 0. The number of hydrogen-bond donors (Lipinski definition) is 0. The minimum absolute atomic E-state index is 0.913. The van der Waals surface area contributed by atoms with Crippen molar-refractivity contribution in [3.8, 4) is 22.3 Å². The zero-order valence-corrected chi connectivity index (χ0v) is 23.3. The molecule has 1 heteroatoms. The molecule has 198 valence electrons. The molecule has 0 N–H and O–H groups in total. The summed E-state index contributed by atoms with van der Waals surface area (Å²) in [6.45, 7) is 0. The van der Waals surface area contributed by atoms with Crippen LogP contribution >= 0.6 is 0 Å². The highest BCUT2D eigenvalue weighted by Crippen LogP contribution is 2.46. The summed E-state index contributed by atoms with van der Waals surface area (Å²) in [6.07, 6.45) is 0. The summed E-state index contributed by atoms with van der Waals surface area (Å²) in [7, 11) is 0. The molecule has 10 rings (SSSR count). The molecule has 1 aromatic heterocycles. The van der Waals surface area contributed by atoms with E-state index in [1.54, 1.807) is 0 Å². The number of fused-ring (bicyclic) bond motifs is 9. The van der Waals surface area contributed by atoms with Crippen molar-refractivity contribution >= 4 is 75.8 Å². The molecule has 0 bridgehead atoms. The molecule has 1 nitrogen and oxygen atoms in total. The first-order chi connectivity index (χ1) is 21.3. The first-order valence-corrected chi connectivity index (χ1v) is 14.9. The van der Waals surface area contributed by atoms with Crippen molar-refractivity contribution in [1.29, 1.82) is 0 Å². The minimum atomic E-state index is 0.913. The van der Waals surface area contributed by atoms with E-state index >= 15 is 0 Å². The third-order valence-electron chi connectivity index (χ3n) is 9.38. The lowest BCUT2D eigenvalue weighted by atomic mass is 9.84. The fraction of sp³-hybridized carbons (Fsp3) is 0. The second-order valence-electron chi connectivity index (χ2n) is 11.6. The van der Waals surface area contributed by atoms with Crippen LogP contribution in [0.25, 0.3) is 98.1 Å². The summed E-state index contributed by atoms with van der Waals surface area (Å²) in [5, 5.41) is 15.5. The highest BCUT2D eigenvalue weighted by molar-refractivity contribution is 6.40. The zero-order valence-electron chi connectivity index (χ0n) is 23.3. The van der Waals surface area contributed by atoms with E-state index in [0.29, 0.717) is 0 Å². The van der Waals surface area contributed by atoms with Gasteiger partial charge in [0.2, 0.25) is 0 Å². The molecule has 0 unspecified atom stereocenters. The van der Waals surface area contributed by atoms with Gasteiger partial charge in [0, 0.05) is 16.3 Å². The SMILES string of the molecule is c1ccc(-c2cccc3c2oc2ccc(-c4cc5c6ccccc6c6cccc7c8ccccc8c(c4)c5c67)cc23)cc1. The molecule has 0 radical (unpaired) electrons. The molecular weight excluding hydrogens is 520 g/mol. The van der Waals surface area contributed by atoms with Crippen molar-refractivity contribution in [2.45, 2.75) is 0 Å². The molecule has 0 aliphatic carbocycles. The predicted molar refractivity (Wildman–Crippen MR) is 183 cm³/mol. The second-order valence-corrected chi connectivity index (χ2v) is 11.6. The van der Waals surface area contributed by atoms with Crippen molar-refractivity contribution in [2.75, 3.05) is 0 Å². The third kappa shape index (κ3) is 3.11. The fourth-order valence-corrected chi connectivity index (χ4v) is 7.50. The second kappa shape index (κ2) is 8.44. The maximum absolute atomic E-state index is 6.50. The van der Waals surface area contributed by atoms with Crippen molar-refractivity contribution in [2.24, 2.45) is 0 Å². The summed E-state index contributed by atoms with van der Waals surface area (Å²) in [5.41, 5.74) is 6.55. The van der Waals surface area contributed by atoms with Gasteiger partial charge in [-0.1, -0.05) is 121 Å². The Kier molecular flexibility index (Phi) is 4.51. The van der Waals surface area contributed by atoms with E-state index in [9.17, 15) is 0 Å². The summed E-state index contributed by atoms with van der Waals surface area (Å²) < 4.78 is 6.50. The third-order valence-corrected chi connectivity index (χ3v) is 9.38. The Bertz CT molecular complexity index is 2610. The first kappa shape index (κ1) is 23.0. The van der Waals surface area contributed by atoms with E-state index in [1.165, 1.54) is 65.0 Å². The molecular formula is C42H24O. The van der Waals surface area contributed by atoms with Gasteiger partial charge in [0.15, 0.2) is 0 Å². The van der Waals surface area contributed by atoms with E-state index in [4.69, 9.17) is 4.42 Å². The molecule has 0 aliphatic rings. The summed E-state index contributed by atoms with van der Waals surface area (Å²) in [4.78, 5) is 0. The lowest BCUT2D eigenvalue weighted by Crippen LogP contribution is -1.90. The van der Waals surface area contributed by atoms with Crippen LogP contribution in [-0.4, -0.2) is 0 Å². The van der Waals surface area contributed by atoms with Crippen molar-refractivity contribution in [3.63, 3.8) is 0 Å². The van der Waals surface area contributed by atoms with E-state index in [2.05, 4.69) is 146 Å². The van der Waals surface area contributed by atoms with Gasteiger partial charge in [0.25, 0.3) is 0 Å². The van der Waals surface area contributed by atoms with Crippen LogP contribution in [0.15, 0.2) is 150 Å². The van der Waals surface area contributed by atoms with E-state index < -0.39 is 0 Å². The molecule has 9 aromatic carbocycles. The standard InChI is InChI=1S/C42H24O/c1-2-10-25(11-3-1)28-16-8-19-35-36-22-26(20-21-39(36)43-42(28)35)27-23-37-31-14-6-4-12-29(31)33-17-9-18-34-30-13-5-7-15-32(30)38(24-27)41(37)40(33)34/h1-24H. The minimum Gasteiger partial charge on any atom is -0.455 e. The van der Waals surface area contributed by atoms with Gasteiger partial charge in [0.05, 0.1) is 0 Å². The maximum Gasteiger partial charge on any atom is 0.143 e. The van der Waals surface area contributed by atoms with Gasteiger partial charge in [0.1, 0.15) is 11.2 Å². The van der Waals surface area contributed by atoms with Gasteiger partial charge in [-0.15, -0.1) is 0 Å². The average Bonchev–Trinajstić information content (AvgIpc) is 3.46. The van der Waals surface area contributed by atoms with Gasteiger partial charge in [-0.25, -0.2) is 0 Å². The van der Waals surface area contributed by atoms with Crippen LogP contribution in [0.2, 0.25) is 0 Å². The largest absolute Gasteiger partial charge is 0.455 e. The van der Waals surface area contributed by atoms with Crippen molar-refractivity contribution < 1.29 is 4.42 Å². The molecule has 0 fully saturated rings. The lowest BCUT2D eigenvalue weighted by molar-refractivity contribution is 0.670. The first-order valence-electron chi connectivity index (χ1n) is 14.9. The Labute approximate surface area is 247 Å². The van der Waals surface area contributed by atoms with Gasteiger partial charge in [-0.2, -0.15) is 0 Å². The number of rotatable bonds is 2. The van der Waals surface area contributed by atoms with Crippen LogP contribution in [0, 0.1) is 0 Å². The lowest BCUT2D eigenvalue weighted by Gasteiger charge is -2.18. The van der Waals surface area contributed by atoms with E-state index in [0.717, 1.165) is 33.1 Å². The van der Waals surface area contributed by atoms with Crippen LogP contribution in [0.5, 0.6) is 0 Å². The van der Waals surface area contributed by atoms with Gasteiger partial charge in [-0.05, 0) is 94.8 Å². The highest BCUT2D eigenvalue weighted by Gasteiger charge is 2.19. The molecule has 10 aromatic rings. The van der Waals surface area contributed by atoms with Crippen molar-refractivity contribution in [3.05, 3.63) is 146 Å². The van der Waals surface area contributed by atoms with Gasteiger partial charge >= 0.3 is 0 Å². The molecule has 0 atom stereocenters. The van der Waals surface area contributed by atoms with Crippen LogP contribution < -0.4 is 0 Å². The molecule has 0 aliphatic heterocycles. The van der Waals surface area contributed by atoms with Crippen molar-refractivity contribution in [1.82, 2.24) is 0 Å². The van der Waals surface area contributed by atoms with E-state index in [1.807, 2.05) is 0 Å². The summed E-state index contributed by atoms with van der Waals surface area (Å²) in [5.74, 6) is 0. The molecule has 1 heterocycles. The number of furan rings is 1. The van der Waals surface area contributed by atoms with Crippen LogP contribution in [0.3, 0.4) is 0 Å². The van der Waals surface area contributed by atoms with Crippen LogP contribution in [0.4, 0.5) is 0 Å².